The van der Waals surface area contributed by atoms with Gasteiger partial charge in [0.15, 0.2) is 0 Å². The molecule has 0 amide bonds. The third-order valence-corrected chi connectivity index (χ3v) is 2.14. The van der Waals surface area contributed by atoms with Crippen LogP contribution in [0.3, 0.4) is 0 Å². The van der Waals surface area contributed by atoms with Crippen molar-refractivity contribution >= 4 is 0 Å². The summed E-state index contributed by atoms with van der Waals surface area (Å²) in [6.45, 7) is 6.32. The van der Waals surface area contributed by atoms with Crippen molar-refractivity contribution in [1.29, 1.82) is 0 Å². The molecule has 0 saturated heterocycles. The maximum absolute atomic E-state index is 9.66. The molecule has 2 nitrogen and oxygen atoms in total. The van der Waals surface area contributed by atoms with Crippen LogP contribution in [0.5, 0.6) is 0 Å². The van der Waals surface area contributed by atoms with Crippen molar-refractivity contribution in [3.05, 3.63) is 12.7 Å². The van der Waals surface area contributed by atoms with Crippen LogP contribution in [0.4, 0.5) is 0 Å². The molecule has 0 radical (unpaired) electrons. The van der Waals surface area contributed by atoms with Crippen LogP contribution in [0.25, 0.3) is 0 Å². The second-order valence-corrected chi connectivity index (χ2v) is 3.20. The summed E-state index contributed by atoms with van der Waals surface area (Å²) in [6, 6.07) is 0. The lowest BCUT2D eigenvalue weighted by molar-refractivity contribution is -0.134. The second kappa shape index (κ2) is 3.37. The van der Waals surface area contributed by atoms with E-state index in [2.05, 4.69) is 6.58 Å². The first-order chi connectivity index (χ1) is 5.20. The van der Waals surface area contributed by atoms with Crippen molar-refractivity contribution in [1.82, 2.24) is 0 Å². The second-order valence-electron chi connectivity index (χ2n) is 3.20. The molecule has 0 aliphatic heterocycles. The molecule has 0 unspecified atom stereocenters. The molecule has 0 aromatic rings. The summed E-state index contributed by atoms with van der Waals surface area (Å²) in [4.78, 5) is 0. The Kier molecular flexibility index (Phi) is 2.68. The van der Waals surface area contributed by atoms with Gasteiger partial charge in [0, 0.05) is 19.4 Å². The van der Waals surface area contributed by atoms with E-state index in [0.717, 1.165) is 19.4 Å². The van der Waals surface area contributed by atoms with Gasteiger partial charge in [-0.25, -0.2) is 0 Å². The van der Waals surface area contributed by atoms with Crippen molar-refractivity contribution < 1.29 is 9.84 Å². The van der Waals surface area contributed by atoms with Gasteiger partial charge < -0.3 is 9.84 Å². The Morgan fingerprint density at radius 2 is 2.36 bits per heavy atom. The van der Waals surface area contributed by atoms with Crippen LogP contribution in [-0.2, 0) is 4.74 Å². The van der Waals surface area contributed by atoms with Gasteiger partial charge in [-0.3, -0.25) is 0 Å². The monoisotopic (exact) mass is 156 g/mol. The number of aliphatic hydroxyl groups is 1. The van der Waals surface area contributed by atoms with Crippen LogP contribution in [0.1, 0.15) is 26.2 Å². The highest BCUT2D eigenvalue weighted by atomic mass is 16.5. The first-order valence-electron chi connectivity index (χ1n) is 4.15. The normalized spacial score (nSPS) is 36.4. The fourth-order valence-electron chi connectivity index (χ4n) is 1.58. The van der Waals surface area contributed by atoms with E-state index >= 15 is 0 Å². The Hall–Kier alpha value is -0.340. The van der Waals surface area contributed by atoms with Gasteiger partial charge in [0.25, 0.3) is 0 Å². The summed E-state index contributed by atoms with van der Waals surface area (Å²) in [5, 5.41) is 9.66. The minimum atomic E-state index is -0.498. The van der Waals surface area contributed by atoms with E-state index in [1.165, 1.54) is 0 Å². The lowest BCUT2D eigenvalue weighted by atomic mass is 9.75. The van der Waals surface area contributed by atoms with E-state index in [1.54, 1.807) is 6.08 Å². The summed E-state index contributed by atoms with van der Waals surface area (Å²) in [5.41, 5.74) is -0.498. The number of hydrogen-bond donors (Lipinski definition) is 1. The molecule has 0 atom stereocenters. The third-order valence-electron chi connectivity index (χ3n) is 2.14. The van der Waals surface area contributed by atoms with Crippen LogP contribution in [0.15, 0.2) is 12.7 Å². The van der Waals surface area contributed by atoms with Gasteiger partial charge in [-0.2, -0.15) is 0 Å². The van der Waals surface area contributed by atoms with E-state index in [9.17, 15) is 5.11 Å². The van der Waals surface area contributed by atoms with Gasteiger partial charge in [0.05, 0.1) is 11.7 Å². The predicted molar refractivity (Wildman–Crippen MR) is 44.4 cm³/mol. The highest BCUT2D eigenvalue weighted by molar-refractivity contribution is 4.98. The minimum Gasteiger partial charge on any atom is -0.389 e. The third kappa shape index (κ3) is 2.04. The van der Waals surface area contributed by atoms with Gasteiger partial charge in [-0.1, -0.05) is 6.08 Å². The molecule has 0 spiro atoms. The molecule has 1 aliphatic rings. The van der Waals surface area contributed by atoms with Gasteiger partial charge in [-0.05, 0) is 13.3 Å². The van der Waals surface area contributed by atoms with Crippen molar-refractivity contribution in [2.24, 2.45) is 0 Å². The van der Waals surface area contributed by atoms with E-state index < -0.39 is 5.60 Å². The lowest BCUT2D eigenvalue weighted by Gasteiger charge is -2.42. The maximum atomic E-state index is 9.66. The SMILES string of the molecule is C=CCC1(O)CC(OCC)C1. The number of ether oxygens (including phenoxy) is 1. The Morgan fingerprint density at radius 1 is 1.73 bits per heavy atom. The molecule has 0 bridgehead atoms. The number of rotatable bonds is 4. The molecule has 2 heteroatoms. The molecule has 0 aromatic carbocycles. The molecule has 1 N–H and O–H groups in total. The van der Waals surface area contributed by atoms with Crippen LogP contribution in [0.2, 0.25) is 0 Å². The summed E-state index contributed by atoms with van der Waals surface area (Å²) < 4.78 is 5.33. The Bertz CT molecular complexity index is 136. The zero-order valence-corrected chi connectivity index (χ0v) is 7.05. The van der Waals surface area contributed by atoms with E-state index in [1.807, 2.05) is 6.92 Å². The van der Waals surface area contributed by atoms with Crippen LogP contribution in [0, 0.1) is 0 Å². The average Bonchev–Trinajstić information content (AvgIpc) is 1.85. The van der Waals surface area contributed by atoms with Gasteiger partial charge in [0.2, 0.25) is 0 Å². The summed E-state index contributed by atoms with van der Waals surface area (Å²) in [6.07, 6.45) is 4.28. The van der Waals surface area contributed by atoms with Crippen LogP contribution < -0.4 is 0 Å². The van der Waals surface area contributed by atoms with Crippen molar-refractivity contribution in [3.8, 4) is 0 Å². The molecule has 0 heterocycles. The zero-order chi connectivity index (χ0) is 8.32. The summed E-state index contributed by atoms with van der Waals surface area (Å²) in [5.74, 6) is 0. The predicted octanol–water partition coefficient (Wildman–Crippen LogP) is 1.49. The van der Waals surface area contributed by atoms with E-state index in [0.29, 0.717) is 6.42 Å². The highest BCUT2D eigenvalue weighted by Gasteiger charge is 2.41. The Labute approximate surface area is 67.9 Å². The molecule has 64 valence electrons. The first-order valence-corrected chi connectivity index (χ1v) is 4.15. The van der Waals surface area contributed by atoms with Gasteiger partial charge in [0.1, 0.15) is 0 Å². The zero-order valence-electron chi connectivity index (χ0n) is 7.05. The molecule has 1 aliphatic carbocycles. The largest absolute Gasteiger partial charge is 0.389 e. The van der Waals surface area contributed by atoms with Crippen LogP contribution in [-0.4, -0.2) is 23.4 Å². The smallest absolute Gasteiger partial charge is 0.0731 e. The molecule has 11 heavy (non-hydrogen) atoms. The van der Waals surface area contributed by atoms with Crippen molar-refractivity contribution in [3.63, 3.8) is 0 Å². The lowest BCUT2D eigenvalue weighted by Crippen LogP contribution is -2.47. The van der Waals surface area contributed by atoms with Gasteiger partial charge in [-0.15, -0.1) is 6.58 Å². The van der Waals surface area contributed by atoms with Gasteiger partial charge >= 0.3 is 0 Å². The quantitative estimate of drug-likeness (QED) is 0.625. The molecule has 0 aromatic heterocycles. The van der Waals surface area contributed by atoms with Crippen molar-refractivity contribution in [2.75, 3.05) is 6.61 Å². The van der Waals surface area contributed by atoms with Crippen molar-refractivity contribution in [2.45, 2.75) is 37.9 Å². The average molecular weight is 156 g/mol. The molecular weight excluding hydrogens is 140 g/mol. The van der Waals surface area contributed by atoms with E-state index in [-0.39, 0.29) is 6.10 Å². The van der Waals surface area contributed by atoms with E-state index in [4.69, 9.17) is 4.74 Å². The first kappa shape index (κ1) is 8.75. The Morgan fingerprint density at radius 3 is 2.82 bits per heavy atom. The van der Waals surface area contributed by atoms with Crippen LogP contribution >= 0.6 is 0 Å². The fourth-order valence-corrected chi connectivity index (χ4v) is 1.58. The summed E-state index contributed by atoms with van der Waals surface area (Å²) in [7, 11) is 0. The maximum Gasteiger partial charge on any atom is 0.0731 e. The molecule has 1 rings (SSSR count). The molecular formula is C9H16O2. The Balaban J connectivity index is 2.20. The summed E-state index contributed by atoms with van der Waals surface area (Å²) >= 11 is 0. The molecule has 1 fully saturated rings. The molecule has 1 saturated carbocycles. The standard InChI is InChI=1S/C9H16O2/c1-3-5-9(10)6-8(7-9)11-4-2/h3,8,10H,1,4-7H2,2H3. The number of hydrogen-bond acceptors (Lipinski definition) is 2. The minimum absolute atomic E-state index is 0.282. The fraction of sp³-hybridized carbons (Fsp3) is 0.778. The topological polar surface area (TPSA) is 29.5 Å². The highest BCUT2D eigenvalue weighted by Crippen LogP contribution is 2.37.